The van der Waals surface area contributed by atoms with Crippen LogP contribution in [0.25, 0.3) is 0 Å². The molecule has 1 atom stereocenters. The number of unbranched alkanes of at least 4 members (excludes halogenated alkanes) is 24. The van der Waals surface area contributed by atoms with Gasteiger partial charge < -0.3 is 14.6 Å². The van der Waals surface area contributed by atoms with Gasteiger partial charge >= 0.3 is 93.4 Å². The first-order valence-corrected chi connectivity index (χ1v) is 27.5. The van der Waals surface area contributed by atoms with Gasteiger partial charge in [0, 0.05) is 12.8 Å². The van der Waals surface area contributed by atoms with Crippen molar-refractivity contribution in [1.82, 2.24) is 0 Å². The van der Waals surface area contributed by atoms with Gasteiger partial charge in [0.05, 0.1) is 6.42 Å². The van der Waals surface area contributed by atoms with Gasteiger partial charge in [-0.25, -0.2) is 4.79 Å². The van der Waals surface area contributed by atoms with Crippen LogP contribution in [-0.4, -0.2) is 56.2 Å². The van der Waals surface area contributed by atoms with E-state index < -0.39 is 36.4 Å². The van der Waals surface area contributed by atoms with Gasteiger partial charge in [-0.05, 0) is 64.2 Å². The van der Waals surface area contributed by atoms with Crippen LogP contribution in [0.3, 0.4) is 0 Å². The first-order chi connectivity index (χ1) is 27.3. The zero-order valence-corrected chi connectivity index (χ0v) is 39.9. The van der Waals surface area contributed by atoms with Crippen LogP contribution in [0.4, 0.5) is 0 Å². The van der Waals surface area contributed by atoms with Gasteiger partial charge in [-0.15, -0.1) is 0 Å². The molecule has 7 nitrogen and oxygen atoms in total. The standard InChI is InChI=1S/C40H70O7.2C4H9.Sn/c1-3-5-7-9-11-13-15-17-19-21-23-25-27-29-31-33-37(42)46-39(44)35-36(41)40(45)47-38(43)34-32-30-28-26-24-22-20-18-16-14-12-10-8-6-4-2;2*1-3-4-2;/h17-20,36,41H,3-16,21-35H2,1-2H3;2*1,3-4H2,2H3;/b19-17-,20-18-;;;. The number of hydrogen-bond donors (Lipinski definition) is 1. The number of aliphatic hydroxyl groups is 1. The molecule has 2 radical (unpaired) electrons. The van der Waals surface area contributed by atoms with E-state index in [4.69, 9.17) is 4.74 Å². The van der Waals surface area contributed by atoms with Gasteiger partial charge in [-0.3, -0.25) is 14.4 Å². The average Bonchev–Trinajstić information content (AvgIpc) is 3.18. The van der Waals surface area contributed by atoms with Crippen LogP contribution in [-0.2, 0) is 28.7 Å². The van der Waals surface area contributed by atoms with E-state index in [9.17, 15) is 24.3 Å². The molecule has 326 valence electrons. The number of aliphatic hydroxyl groups excluding tert-OH is 1. The quantitative estimate of drug-likeness (QED) is 0.0215. The predicted octanol–water partition coefficient (Wildman–Crippen LogP) is 14.1. The minimum atomic E-state index is -1.84. The Hall–Kier alpha value is -1.48. The number of carbonyl (C=O) groups excluding carboxylic acids is 4. The van der Waals surface area contributed by atoms with Gasteiger partial charge in [-0.2, -0.15) is 0 Å². The molecule has 0 saturated heterocycles. The van der Waals surface area contributed by atoms with Crippen molar-refractivity contribution < 1.29 is 33.8 Å². The van der Waals surface area contributed by atoms with E-state index in [2.05, 4.69) is 56.7 Å². The second kappa shape index (κ2) is 47.9. The number of carbonyl (C=O) groups is 4. The Morgan fingerprint density at radius 1 is 0.429 bits per heavy atom. The van der Waals surface area contributed by atoms with Crippen molar-refractivity contribution >= 4 is 45.0 Å². The van der Waals surface area contributed by atoms with Crippen LogP contribution >= 0.6 is 0 Å². The molecule has 1 unspecified atom stereocenters. The first-order valence-electron chi connectivity index (χ1n) is 23.5. The summed E-state index contributed by atoms with van der Waals surface area (Å²) in [4.78, 5) is 47.8. The van der Waals surface area contributed by atoms with Crippen molar-refractivity contribution in [3.8, 4) is 0 Å². The van der Waals surface area contributed by atoms with E-state index in [1.54, 1.807) is 8.87 Å². The number of allylic oxidation sites excluding steroid dienone is 4. The molecule has 0 aromatic carbocycles. The molecule has 0 rings (SSSR count). The van der Waals surface area contributed by atoms with E-state index in [-0.39, 0.29) is 34.0 Å². The van der Waals surface area contributed by atoms with Gasteiger partial charge in [-0.1, -0.05) is 141 Å². The molecule has 0 aliphatic carbocycles. The summed E-state index contributed by atoms with van der Waals surface area (Å²) in [6.45, 7) is 9.06. The third-order valence-corrected chi connectivity index (χ3v) is 13.8. The Kier molecular flexibility index (Phi) is 48.4. The predicted molar refractivity (Wildman–Crippen MR) is 237 cm³/mol. The molecule has 0 amide bonds. The fraction of sp³-hybridized carbons (Fsp3) is 0.833. The fourth-order valence-corrected chi connectivity index (χ4v) is 10.3. The fourth-order valence-electron chi connectivity index (χ4n) is 6.10. The van der Waals surface area contributed by atoms with E-state index >= 15 is 0 Å². The monoisotopic (exact) mass is 897 g/mol. The van der Waals surface area contributed by atoms with Crippen molar-refractivity contribution in [2.45, 2.75) is 255 Å². The second-order valence-corrected chi connectivity index (χ2v) is 19.8. The third-order valence-electron chi connectivity index (χ3n) is 9.77. The minimum absolute atomic E-state index is 0.0789. The van der Waals surface area contributed by atoms with Crippen LogP contribution < -0.4 is 0 Å². The summed E-state index contributed by atoms with van der Waals surface area (Å²) in [7, 11) is 0. The van der Waals surface area contributed by atoms with Crippen molar-refractivity contribution in [2.75, 3.05) is 0 Å². The third kappa shape index (κ3) is 46.9. The molecular formula is C48H88O7Sn. The van der Waals surface area contributed by atoms with Crippen LogP contribution in [0.15, 0.2) is 24.3 Å². The molecular weight excluding hydrogens is 807 g/mol. The molecule has 1 N–H and O–H groups in total. The molecule has 0 saturated carbocycles. The summed E-state index contributed by atoms with van der Waals surface area (Å²) in [5, 5.41) is 9.92. The molecule has 0 aliphatic heterocycles. The Labute approximate surface area is 356 Å². The van der Waals surface area contributed by atoms with Crippen molar-refractivity contribution in [3.05, 3.63) is 24.3 Å². The van der Waals surface area contributed by atoms with Gasteiger partial charge in [0.1, 0.15) is 0 Å². The summed E-state index contributed by atoms with van der Waals surface area (Å²) in [6.07, 6.45) is 42.4. The normalized spacial score (nSPS) is 11.8. The summed E-state index contributed by atoms with van der Waals surface area (Å²) >= 11 is 0.149. The number of ether oxygens (including phenoxy) is 2. The Balaban J connectivity index is 0. The van der Waals surface area contributed by atoms with E-state index in [0.29, 0.717) is 12.8 Å². The van der Waals surface area contributed by atoms with Crippen LogP contribution in [0.2, 0.25) is 8.87 Å². The maximum atomic E-state index is 12.0. The zero-order valence-electron chi connectivity index (χ0n) is 37.0. The molecule has 0 spiro atoms. The van der Waals surface area contributed by atoms with Crippen molar-refractivity contribution in [3.63, 3.8) is 0 Å². The summed E-state index contributed by atoms with van der Waals surface area (Å²) in [5.74, 6) is -3.59. The Bertz CT molecular complexity index is 942. The zero-order chi connectivity index (χ0) is 41.6. The van der Waals surface area contributed by atoms with Gasteiger partial charge in [0.15, 0.2) is 6.10 Å². The molecule has 0 bridgehead atoms. The van der Waals surface area contributed by atoms with Crippen LogP contribution in [0.1, 0.15) is 240 Å². The van der Waals surface area contributed by atoms with E-state index in [1.165, 1.54) is 116 Å². The SMILES string of the molecule is CCCCCCCC/C=C\CCCCCCCC(=O)OC(=O)CC(O)C(=O)OC(=O)CCCCCCC/C=C\CCCCCCCC.CCC[CH2][Sn][CH2]CCC. The van der Waals surface area contributed by atoms with E-state index in [0.717, 1.165) is 64.2 Å². The molecule has 0 aromatic heterocycles. The van der Waals surface area contributed by atoms with Gasteiger partial charge in [0.2, 0.25) is 0 Å². The first kappa shape index (κ1) is 56.6. The molecule has 0 aromatic rings. The molecule has 0 fully saturated rings. The molecule has 8 heteroatoms. The molecule has 0 heterocycles. The maximum absolute atomic E-state index is 12.0. The van der Waals surface area contributed by atoms with Crippen molar-refractivity contribution in [2.24, 2.45) is 0 Å². The topological polar surface area (TPSA) is 107 Å². The van der Waals surface area contributed by atoms with Crippen LogP contribution in [0.5, 0.6) is 0 Å². The summed E-state index contributed by atoms with van der Waals surface area (Å²) in [6, 6.07) is 0. The second-order valence-electron chi connectivity index (χ2n) is 15.5. The molecule has 0 aliphatic rings. The number of esters is 4. The summed E-state index contributed by atoms with van der Waals surface area (Å²) < 4.78 is 12.6. The molecule has 56 heavy (non-hydrogen) atoms. The Morgan fingerprint density at radius 2 is 0.750 bits per heavy atom. The van der Waals surface area contributed by atoms with Crippen molar-refractivity contribution in [1.29, 1.82) is 0 Å². The Morgan fingerprint density at radius 3 is 1.12 bits per heavy atom. The van der Waals surface area contributed by atoms with Gasteiger partial charge in [0.25, 0.3) is 0 Å². The summed E-state index contributed by atoms with van der Waals surface area (Å²) in [5.41, 5.74) is 0. The number of rotatable bonds is 39. The van der Waals surface area contributed by atoms with E-state index in [1.807, 2.05) is 0 Å². The van der Waals surface area contributed by atoms with Crippen LogP contribution in [0, 0.1) is 0 Å². The number of hydrogen-bond acceptors (Lipinski definition) is 7. The average molecular weight is 896 g/mol.